The molecule has 1 N–H and O–H groups in total. The lowest BCUT2D eigenvalue weighted by atomic mass is 9.95. The van der Waals surface area contributed by atoms with Crippen molar-refractivity contribution >= 4 is 17.4 Å². The number of amides is 1. The van der Waals surface area contributed by atoms with Crippen LogP contribution in [0, 0.1) is 19.7 Å². The lowest BCUT2D eigenvalue weighted by Crippen LogP contribution is -2.35. The largest absolute Gasteiger partial charge is 0.507 e. The molecule has 1 amide bonds. The average Bonchev–Trinajstić information content (AvgIpc) is 2.91. The number of carbonyl (C=O) groups is 2. The SMILES string of the molecule is Cc1ncc(C(O)=C2C(=O)C(=O)N(CCN(C)C)[C@@H]2c2ccc(F)cc2)c(C)n1. The molecule has 3 rings (SSSR count). The Bertz CT molecular complexity index is 986. The highest BCUT2D eigenvalue weighted by Gasteiger charge is 2.46. The summed E-state index contributed by atoms with van der Waals surface area (Å²) in [6, 6.07) is 4.74. The number of halogens is 1. The molecule has 0 aliphatic carbocycles. The minimum atomic E-state index is -0.823. The number of hydrogen-bond donors (Lipinski definition) is 1. The number of likely N-dealkylation sites (tertiary alicyclic amines) is 1. The van der Waals surface area contributed by atoms with Gasteiger partial charge in [0.15, 0.2) is 0 Å². The van der Waals surface area contributed by atoms with Crippen molar-refractivity contribution in [1.29, 1.82) is 0 Å². The third-order valence-electron chi connectivity index (χ3n) is 4.87. The second-order valence-electron chi connectivity index (χ2n) is 7.26. The number of likely N-dealkylation sites (N-methyl/N-ethyl adjacent to an activating group) is 1. The monoisotopic (exact) mass is 398 g/mol. The number of aliphatic hydroxyl groups excluding tert-OH is 1. The number of nitrogens with zero attached hydrogens (tertiary/aromatic N) is 4. The quantitative estimate of drug-likeness (QED) is 0.472. The lowest BCUT2D eigenvalue weighted by Gasteiger charge is -2.26. The first-order valence-corrected chi connectivity index (χ1v) is 9.20. The minimum Gasteiger partial charge on any atom is -0.507 e. The van der Waals surface area contributed by atoms with Gasteiger partial charge in [-0.25, -0.2) is 14.4 Å². The summed E-state index contributed by atoms with van der Waals surface area (Å²) in [7, 11) is 3.72. The maximum absolute atomic E-state index is 13.5. The van der Waals surface area contributed by atoms with Gasteiger partial charge < -0.3 is 14.9 Å². The molecular weight excluding hydrogens is 375 g/mol. The number of benzene rings is 1. The molecule has 7 nitrogen and oxygen atoms in total. The molecule has 1 aromatic carbocycles. The van der Waals surface area contributed by atoms with Gasteiger partial charge in [-0.05, 0) is 45.6 Å². The number of hydrogen-bond acceptors (Lipinski definition) is 6. The normalized spacial score (nSPS) is 18.7. The molecular formula is C21H23FN4O3. The van der Waals surface area contributed by atoms with E-state index in [1.54, 1.807) is 13.8 Å². The zero-order chi connectivity index (χ0) is 21.3. The van der Waals surface area contributed by atoms with Crippen molar-refractivity contribution in [3.05, 3.63) is 64.5 Å². The molecule has 0 bridgehead atoms. The molecule has 2 aromatic rings. The molecule has 1 fully saturated rings. The van der Waals surface area contributed by atoms with E-state index in [0.29, 0.717) is 23.6 Å². The molecule has 152 valence electrons. The molecule has 1 aliphatic heterocycles. The van der Waals surface area contributed by atoms with E-state index in [-0.39, 0.29) is 23.4 Å². The first kappa shape index (κ1) is 20.6. The number of aryl methyl sites for hydroxylation is 2. The van der Waals surface area contributed by atoms with Gasteiger partial charge in [-0.1, -0.05) is 12.1 Å². The van der Waals surface area contributed by atoms with Gasteiger partial charge in [-0.2, -0.15) is 0 Å². The van der Waals surface area contributed by atoms with Gasteiger partial charge in [0.05, 0.1) is 22.9 Å². The van der Waals surface area contributed by atoms with Crippen molar-refractivity contribution in [1.82, 2.24) is 19.8 Å². The van der Waals surface area contributed by atoms with Crippen LogP contribution in [0.2, 0.25) is 0 Å². The van der Waals surface area contributed by atoms with E-state index in [9.17, 15) is 19.1 Å². The van der Waals surface area contributed by atoms with Crippen LogP contribution < -0.4 is 0 Å². The van der Waals surface area contributed by atoms with E-state index in [0.717, 1.165) is 0 Å². The number of aromatic nitrogens is 2. The molecule has 0 radical (unpaired) electrons. The molecule has 2 heterocycles. The van der Waals surface area contributed by atoms with Gasteiger partial charge in [0.1, 0.15) is 17.4 Å². The van der Waals surface area contributed by atoms with Crippen molar-refractivity contribution in [2.45, 2.75) is 19.9 Å². The van der Waals surface area contributed by atoms with Crippen molar-refractivity contribution in [2.75, 3.05) is 27.2 Å². The topological polar surface area (TPSA) is 86.6 Å². The van der Waals surface area contributed by atoms with Gasteiger partial charge >= 0.3 is 0 Å². The summed E-state index contributed by atoms with van der Waals surface area (Å²) in [5, 5.41) is 11.0. The van der Waals surface area contributed by atoms with Crippen molar-refractivity contribution in [3.8, 4) is 0 Å². The molecule has 0 spiro atoms. The lowest BCUT2D eigenvalue weighted by molar-refractivity contribution is -0.140. The van der Waals surface area contributed by atoms with Crippen molar-refractivity contribution in [3.63, 3.8) is 0 Å². The minimum absolute atomic E-state index is 0.0454. The molecule has 0 saturated carbocycles. The zero-order valence-corrected chi connectivity index (χ0v) is 16.8. The maximum atomic E-state index is 13.5. The van der Waals surface area contributed by atoms with Gasteiger partial charge in [-0.15, -0.1) is 0 Å². The van der Waals surface area contributed by atoms with Crippen LogP contribution in [0.1, 0.15) is 28.7 Å². The Hall–Kier alpha value is -3.13. The molecule has 8 heteroatoms. The van der Waals surface area contributed by atoms with Gasteiger partial charge in [0.2, 0.25) is 0 Å². The molecule has 1 aromatic heterocycles. The Morgan fingerprint density at radius 2 is 1.86 bits per heavy atom. The summed E-state index contributed by atoms with van der Waals surface area (Å²) >= 11 is 0. The number of ketones is 1. The van der Waals surface area contributed by atoms with Crippen LogP contribution >= 0.6 is 0 Å². The fraction of sp³-hybridized carbons (Fsp3) is 0.333. The van der Waals surface area contributed by atoms with Crippen molar-refractivity contribution < 1.29 is 19.1 Å². The second kappa shape index (κ2) is 8.08. The summed E-state index contributed by atoms with van der Waals surface area (Å²) in [5.41, 5.74) is 1.27. The van der Waals surface area contributed by atoms with Gasteiger partial charge in [0, 0.05) is 19.3 Å². The highest BCUT2D eigenvalue weighted by atomic mass is 19.1. The van der Waals surface area contributed by atoms with Crippen molar-refractivity contribution in [2.24, 2.45) is 0 Å². The Morgan fingerprint density at radius 1 is 1.21 bits per heavy atom. The fourth-order valence-corrected chi connectivity index (χ4v) is 3.37. The summed E-state index contributed by atoms with van der Waals surface area (Å²) < 4.78 is 13.5. The smallest absolute Gasteiger partial charge is 0.295 e. The molecule has 1 saturated heterocycles. The number of Topliss-reactive ketones (excluding diaryl/α,β-unsaturated/α-hetero) is 1. The van der Waals surface area contributed by atoms with Crippen LogP contribution in [-0.4, -0.2) is 63.7 Å². The Morgan fingerprint density at radius 3 is 2.45 bits per heavy atom. The number of carbonyl (C=O) groups excluding carboxylic acids is 2. The molecule has 0 unspecified atom stereocenters. The number of rotatable bonds is 5. The van der Waals surface area contributed by atoms with E-state index in [1.807, 2.05) is 19.0 Å². The fourth-order valence-electron chi connectivity index (χ4n) is 3.37. The summed E-state index contributed by atoms with van der Waals surface area (Å²) in [6.07, 6.45) is 1.43. The van der Waals surface area contributed by atoms with E-state index in [2.05, 4.69) is 9.97 Å². The number of aliphatic hydroxyl groups is 1. The second-order valence-corrected chi connectivity index (χ2v) is 7.26. The highest BCUT2D eigenvalue weighted by molar-refractivity contribution is 6.46. The maximum Gasteiger partial charge on any atom is 0.295 e. The van der Waals surface area contributed by atoms with Crippen LogP contribution in [-0.2, 0) is 9.59 Å². The molecule has 1 atom stereocenters. The van der Waals surface area contributed by atoms with Crippen LogP contribution in [0.15, 0.2) is 36.0 Å². The Kier molecular flexibility index (Phi) is 5.74. The van der Waals surface area contributed by atoms with E-state index in [4.69, 9.17) is 0 Å². The summed E-state index contributed by atoms with van der Waals surface area (Å²) in [5.74, 6) is -1.71. The first-order valence-electron chi connectivity index (χ1n) is 9.20. The van der Waals surface area contributed by atoms with Crippen LogP contribution in [0.3, 0.4) is 0 Å². The Labute approximate surface area is 168 Å². The van der Waals surface area contributed by atoms with Gasteiger partial charge in [0.25, 0.3) is 11.7 Å². The predicted octanol–water partition coefficient (Wildman–Crippen LogP) is 2.22. The third-order valence-corrected chi connectivity index (χ3v) is 4.87. The first-order chi connectivity index (χ1) is 13.7. The average molecular weight is 398 g/mol. The standard InChI is InChI=1S/C21H23FN4O3/c1-12-16(11-23-13(2)24-12)19(27)17-18(14-5-7-15(22)8-6-14)26(10-9-25(3)4)21(29)20(17)28/h5-8,11,18,27H,9-10H2,1-4H3/t18-/m1/s1. The molecule has 1 aliphatic rings. The molecule has 29 heavy (non-hydrogen) atoms. The summed E-state index contributed by atoms with van der Waals surface area (Å²) in [6.45, 7) is 4.21. The van der Waals surface area contributed by atoms with E-state index in [1.165, 1.54) is 35.4 Å². The van der Waals surface area contributed by atoms with Crippen LogP contribution in [0.5, 0.6) is 0 Å². The summed E-state index contributed by atoms with van der Waals surface area (Å²) in [4.78, 5) is 37.2. The zero-order valence-electron chi connectivity index (χ0n) is 16.8. The third kappa shape index (κ3) is 4.02. The predicted molar refractivity (Wildman–Crippen MR) is 105 cm³/mol. The van der Waals surface area contributed by atoms with Crippen LogP contribution in [0.4, 0.5) is 4.39 Å². The van der Waals surface area contributed by atoms with E-state index >= 15 is 0 Å². The highest BCUT2D eigenvalue weighted by Crippen LogP contribution is 2.39. The Balaban J connectivity index is 2.17. The van der Waals surface area contributed by atoms with Gasteiger partial charge in [-0.3, -0.25) is 9.59 Å². The van der Waals surface area contributed by atoms with Crippen LogP contribution in [0.25, 0.3) is 5.76 Å². The van der Waals surface area contributed by atoms with E-state index < -0.39 is 23.5 Å².